The van der Waals surface area contributed by atoms with Crippen molar-refractivity contribution < 1.29 is 0 Å². The van der Waals surface area contributed by atoms with Crippen molar-refractivity contribution in [2.45, 2.75) is 19.3 Å². The van der Waals surface area contributed by atoms with Crippen molar-refractivity contribution in [1.29, 1.82) is 0 Å². The zero-order chi connectivity index (χ0) is 17.0. The minimum atomic E-state index is -0.163. The number of allylic oxidation sites excluding steroid dienone is 5. The first-order valence-electron chi connectivity index (χ1n) is 8.43. The molecule has 0 saturated carbocycles. The molecule has 0 unspecified atom stereocenters. The molecule has 8 bridgehead atoms. The minimum absolute atomic E-state index is 0.163. The van der Waals surface area contributed by atoms with E-state index in [1.54, 1.807) is 0 Å². The Morgan fingerprint density at radius 3 is 2.68 bits per heavy atom. The zero-order valence-electron chi connectivity index (χ0n) is 14.2. The first-order valence-corrected chi connectivity index (χ1v) is 8.43. The predicted molar refractivity (Wildman–Crippen MR) is 102 cm³/mol. The summed E-state index contributed by atoms with van der Waals surface area (Å²) < 4.78 is 2.12. The number of aromatic nitrogens is 2. The number of aliphatic imine (C=N–C) groups is 2. The molecule has 4 nitrogen and oxygen atoms in total. The molecule has 0 spiro atoms. The summed E-state index contributed by atoms with van der Waals surface area (Å²) in [5, 5.41) is 0. The quantitative estimate of drug-likeness (QED) is 0.748. The Hall–Kier alpha value is -3.14. The summed E-state index contributed by atoms with van der Waals surface area (Å²) in [4.78, 5) is 12.9. The standard InChI is InChI=1S/C21H18N4/c1-21(2)14-9-10-25(13-14)20-8-6-18(24-20)12-16-4-3-15(22-16)11-17-5-7-19(21)23-17/h3-13,24H,1-2H3/b16-12-,17-11-. The van der Waals surface area contributed by atoms with E-state index in [1.165, 1.54) is 5.56 Å². The van der Waals surface area contributed by atoms with Gasteiger partial charge in [-0.05, 0) is 60.2 Å². The van der Waals surface area contributed by atoms with Crippen molar-refractivity contribution in [1.82, 2.24) is 9.55 Å². The summed E-state index contributed by atoms with van der Waals surface area (Å²) >= 11 is 0. The second-order valence-electron chi connectivity index (χ2n) is 7.07. The molecule has 0 aliphatic carbocycles. The van der Waals surface area contributed by atoms with Gasteiger partial charge in [0.05, 0.1) is 22.8 Å². The van der Waals surface area contributed by atoms with Crippen LogP contribution in [0.1, 0.15) is 25.1 Å². The number of nitrogens with one attached hydrogen (secondary N) is 1. The van der Waals surface area contributed by atoms with Gasteiger partial charge >= 0.3 is 0 Å². The summed E-state index contributed by atoms with van der Waals surface area (Å²) in [6.07, 6.45) is 16.6. The van der Waals surface area contributed by atoms with Crippen LogP contribution < -0.4 is 0 Å². The van der Waals surface area contributed by atoms with Crippen molar-refractivity contribution in [3.05, 3.63) is 83.6 Å². The fraction of sp³-hybridized carbons (Fsp3) is 0.143. The maximum absolute atomic E-state index is 4.83. The Labute approximate surface area is 146 Å². The van der Waals surface area contributed by atoms with Crippen molar-refractivity contribution >= 4 is 17.5 Å². The molecule has 5 heterocycles. The Bertz CT molecular complexity index is 1060. The zero-order valence-corrected chi connectivity index (χ0v) is 14.2. The normalized spacial score (nSPS) is 23.9. The van der Waals surface area contributed by atoms with E-state index in [2.05, 4.69) is 77.2 Å². The van der Waals surface area contributed by atoms with Gasteiger partial charge in [-0.3, -0.25) is 4.99 Å². The summed E-state index contributed by atoms with van der Waals surface area (Å²) in [6.45, 7) is 4.42. The molecule has 3 aliphatic rings. The lowest BCUT2D eigenvalue weighted by Crippen LogP contribution is -2.26. The third-order valence-electron chi connectivity index (χ3n) is 4.97. The van der Waals surface area contributed by atoms with Crippen LogP contribution in [0.4, 0.5) is 0 Å². The topological polar surface area (TPSA) is 45.4 Å². The molecule has 1 N–H and O–H groups in total. The fourth-order valence-corrected chi connectivity index (χ4v) is 3.37. The number of hydrogen-bond donors (Lipinski definition) is 1. The first-order chi connectivity index (χ1) is 12.1. The molecule has 0 amide bonds. The maximum atomic E-state index is 4.83. The highest BCUT2D eigenvalue weighted by atomic mass is 15.0. The van der Waals surface area contributed by atoms with Gasteiger partial charge in [0.15, 0.2) is 0 Å². The second-order valence-corrected chi connectivity index (χ2v) is 7.07. The number of rotatable bonds is 0. The summed E-state index contributed by atoms with van der Waals surface area (Å²) in [6, 6.07) is 6.33. The van der Waals surface area contributed by atoms with Crippen LogP contribution in [-0.4, -0.2) is 21.0 Å². The molecule has 0 radical (unpaired) electrons. The molecule has 0 aromatic carbocycles. The Morgan fingerprint density at radius 2 is 1.76 bits per heavy atom. The van der Waals surface area contributed by atoms with Crippen LogP contribution in [0.2, 0.25) is 0 Å². The Balaban J connectivity index is 1.72. The SMILES string of the molecule is CC1(C)C2=N/C(=C\C3=NC(=C\c4ccc([nH]4)-n4ccc1c4)/C=C3)C=C2. The van der Waals surface area contributed by atoms with Crippen molar-refractivity contribution in [3.63, 3.8) is 0 Å². The van der Waals surface area contributed by atoms with Crippen LogP contribution in [0.5, 0.6) is 0 Å². The van der Waals surface area contributed by atoms with E-state index in [4.69, 9.17) is 4.99 Å². The monoisotopic (exact) mass is 326 g/mol. The van der Waals surface area contributed by atoms with Gasteiger partial charge in [0, 0.05) is 23.5 Å². The molecule has 4 heteroatoms. The van der Waals surface area contributed by atoms with Gasteiger partial charge in [0.1, 0.15) is 5.82 Å². The van der Waals surface area contributed by atoms with Crippen LogP contribution >= 0.6 is 0 Å². The summed E-state index contributed by atoms with van der Waals surface area (Å²) in [5.74, 6) is 1.04. The summed E-state index contributed by atoms with van der Waals surface area (Å²) in [7, 11) is 0. The van der Waals surface area contributed by atoms with Crippen molar-refractivity contribution in [2.75, 3.05) is 0 Å². The molecule has 3 aliphatic heterocycles. The number of nitrogens with zero attached hydrogens (tertiary/aromatic N) is 3. The lowest BCUT2D eigenvalue weighted by molar-refractivity contribution is 0.720. The first kappa shape index (κ1) is 14.2. The van der Waals surface area contributed by atoms with Gasteiger partial charge in [0.25, 0.3) is 0 Å². The van der Waals surface area contributed by atoms with Crippen molar-refractivity contribution in [3.8, 4) is 5.82 Å². The maximum Gasteiger partial charge on any atom is 0.114 e. The molecule has 5 rings (SSSR count). The molecule has 0 saturated heterocycles. The van der Waals surface area contributed by atoms with Gasteiger partial charge in [-0.25, -0.2) is 4.99 Å². The molecular formula is C21H18N4. The average Bonchev–Trinajstić information content (AvgIpc) is 3.34. The molecule has 122 valence electrons. The van der Waals surface area contributed by atoms with E-state index in [1.807, 2.05) is 18.2 Å². The highest BCUT2D eigenvalue weighted by Gasteiger charge is 2.29. The third kappa shape index (κ3) is 2.30. The Kier molecular flexibility index (Phi) is 2.80. The van der Waals surface area contributed by atoms with E-state index in [-0.39, 0.29) is 5.41 Å². The molecule has 0 fully saturated rings. The van der Waals surface area contributed by atoms with Gasteiger partial charge in [-0.15, -0.1) is 0 Å². The molecule has 2 aromatic rings. The third-order valence-corrected chi connectivity index (χ3v) is 4.97. The summed E-state index contributed by atoms with van der Waals surface area (Å²) in [5.41, 5.74) is 6.00. The second kappa shape index (κ2) is 4.93. The lowest BCUT2D eigenvalue weighted by atomic mass is 9.81. The van der Waals surface area contributed by atoms with Gasteiger partial charge in [0.2, 0.25) is 0 Å². The Morgan fingerprint density at radius 1 is 0.920 bits per heavy atom. The minimum Gasteiger partial charge on any atom is -0.341 e. The van der Waals surface area contributed by atoms with E-state index in [9.17, 15) is 0 Å². The molecule has 25 heavy (non-hydrogen) atoms. The van der Waals surface area contributed by atoms with Gasteiger partial charge in [-0.1, -0.05) is 13.8 Å². The largest absolute Gasteiger partial charge is 0.341 e. The highest BCUT2D eigenvalue weighted by Crippen LogP contribution is 2.31. The van der Waals surface area contributed by atoms with E-state index in [0.717, 1.165) is 34.3 Å². The van der Waals surface area contributed by atoms with Crippen LogP contribution in [0.3, 0.4) is 0 Å². The number of fused-ring (bicyclic) bond motifs is 7. The number of H-pyrrole nitrogens is 1. The van der Waals surface area contributed by atoms with Crippen LogP contribution in [0.15, 0.2) is 82.4 Å². The van der Waals surface area contributed by atoms with E-state index < -0.39 is 0 Å². The van der Waals surface area contributed by atoms with Gasteiger partial charge < -0.3 is 9.55 Å². The number of hydrogen-bond acceptors (Lipinski definition) is 2. The molecular weight excluding hydrogens is 308 g/mol. The average molecular weight is 326 g/mol. The highest BCUT2D eigenvalue weighted by molar-refractivity contribution is 6.10. The number of aromatic amines is 1. The lowest BCUT2D eigenvalue weighted by Gasteiger charge is -2.22. The smallest absolute Gasteiger partial charge is 0.114 e. The predicted octanol–water partition coefficient (Wildman–Crippen LogP) is 4.34. The fourth-order valence-electron chi connectivity index (χ4n) is 3.37. The van der Waals surface area contributed by atoms with Gasteiger partial charge in [-0.2, -0.15) is 0 Å². The van der Waals surface area contributed by atoms with E-state index in [0.29, 0.717) is 0 Å². The van der Waals surface area contributed by atoms with Crippen molar-refractivity contribution in [2.24, 2.45) is 9.98 Å². The van der Waals surface area contributed by atoms with Crippen LogP contribution in [-0.2, 0) is 5.41 Å². The van der Waals surface area contributed by atoms with E-state index >= 15 is 0 Å². The molecule has 2 aromatic heterocycles. The van der Waals surface area contributed by atoms with Crippen LogP contribution in [0.25, 0.3) is 11.9 Å². The molecule has 0 atom stereocenters. The van der Waals surface area contributed by atoms with Crippen LogP contribution in [0, 0.1) is 0 Å².